The summed E-state index contributed by atoms with van der Waals surface area (Å²) in [6.07, 6.45) is 0. The molecule has 1 aliphatic heterocycles. The summed E-state index contributed by atoms with van der Waals surface area (Å²) in [4.78, 5) is 3.78. The van der Waals surface area contributed by atoms with E-state index >= 15 is 0 Å². The van der Waals surface area contributed by atoms with Crippen molar-refractivity contribution in [1.29, 1.82) is 0 Å². The number of hydrogen-bond donors (Lipinski definition) is 1. The molecule has 0 radical (unpaired) electrons. The average Bonchev–Trinajstić information content (AvgIpc) is 3.08. The summed E-state index contributed by atoms with van der Waals surface area (Å²) in [6, 6.07) is 7.73. The predicted octanol–water partition coefficient (Wildman–Crippen LogP) is 4.91. The third-order valence-corrected chi connectivity index (χ3v) is 6.25. The molecular weight excluding hydrogens is 343 g/mol. The lowest BCUT2D eigenvalue weighted by atomic mass is 10.3. The fraction of sp³-hybridized carbons (Fsp3) is 0.167. The molecule has 0 bridgehead atoms. The Bertz CT molecular complexity index is 635. The molecule has 100 valence electrons. The Hall–Kier alpha value is -0.390. The van der Waals surface area contributed by atoms with E-state index in [4.69, 9.17) is 34.8 Å². The lowest BCUT2D eigenvalue weighted by Crippen LogP contribution is -2.41. The Morgan fingerprint density at radius 2 is 2.05 bits per heavy atom. The minimum absolute atomic E-state index is 0.599. The quantitative estimate of drug-likeness (QED) is 0.611. The van der Waals surface area contributed by atoms with Gasteiger partial charge in [0.05, 0.1) is 19.8 Å². The van der Waals surface area contributed by atoms with Gasteiger partial charge in [0.15, 0.2) is 0 Å². The second kappa shape index (κ2) is 4.86. The molecule has 2 aromatic heterocycles. The molecular formula is C12H9Cl3N2S2. The Labute approximate surface area is 134 Å². The van der Waals surface area contributed by atoms with Crippen LogP contribution in [0.1, 0.15) is 9.75 Å². The number of rotatable bonds is 2. The molecule has 3 heterocycles. The monoisotopic (exact) mass is 350 g/mol. The number of alkyl halides is 1. The van der Waals surface area contributed by atoms with Crippen LogP contribution < -0.4 is 5.32 Å². The fourth-order valence-corrected chi connectivity index (χ4v) is 4.48. The molecule has 1 aliphatic rings. The molecule has 1 N–H and O–H groups in total. The predicted molar refractivity (Wildman–Crippen MR) is 84.9 cm³/mol. The number of thiophene rings is 2. The third kappa shape index (κ3) is 2.16. The van der Waals surface area contributed by atoms with Crippen LogP contribution in [0.2, 0.25) is 4.34 Å². The van der Waals surface area contributed by atoms with Crippen LogP contribution in [-0.4, -0.2) is 11.9 Å². The maximum atomic E-state index is 6.71. The molecule has 1 unspecified atom stereocenters. The molecule has 19 heavy (non-hydrogen) atoms. The van der Waals surface area contributed by atoms with Crippen molar-refractivity contribution in [2.75, 3.05) is 7.05 Å². The summed E-state index contributed by atoms with van der Waals surface area (Å²) >= 11 is 22.2. The van der Waals surface area contributed by atoms with Gasteiger partial charge in [0.1, 0.15) is 5.16 Å². The molecule has 0 aliphatic carbocycles. The maximum Gasteiger partial charge on any atom is 0.225 e. The van der Waals surface area contributed by atoms with Crippen molar-refractivity contribution in [3.63, 3.8) is 0 Å². The first kappa shape index (κ1) is 13.6. The highest BCUT2D eigenvalue weighted by molar-refractivity contribution is 7.16. The summed E-state index contributed by atoms with van der Waals surface area (Å²) in [5.41, 5.74) is 0.846. The Morgan fingerprint density at radius 3 is 2.63 bits per heavy atom. The van der Waals surface area contributed by atoms with E-state index in [1.54, 1.807) is 11.3 Å². The van der Waals surface area contributed by atoms with Gasteiger partial charge >= 0.3 is 0 Å². The van der Waals surface area contributed by atoms with Crippen LogP contribution in [0.15, 0.2) is 34.8 Å². The van der Waals surface area contributed by atoms with Gasteiger partial charge in [0.25, 0.3) is 0 Å². The highest BCUT2D eigenvalue weighted by atomic mass is 35.5. The van der Waals surface area contributed by atoms with Gasteiger partial charge in [0, 0.05) is 7.05 Å². The van der Waals surface area contributed by atoms with Gasteiger partial charge in [-0.15, -0.1) is 22.7 Å². The Morgan fingerprint density at radius 1 is 1.26 bits per heavy atom. The van der Waals surface area contributed by atoms with E-state index in [1.165, 1.54) is 11.3 Å². The number of nitrogens with one attached hydrogen (secondary N) is 1. The zero-order chi connectivity index (χ0) is 13.6. The van der Waals surface area contributed by atoms with Crippen LogP contribution in [-0.2, 0) is 5.12 Å². The van der Waals surface area contributed by atoms with Gasteiger partial charge in [-0.1, -0.05) is 40.9 Å². The van der Waals surface area contributed by atoms with E-state index in [0.717, 1.165) is 15.5 Å². The second-order valence-electron chi connectivity index (χ2n) is 4.05. The van der Waals surface area contributed by atoms with E-state index in [1.807, 2.05) is 41.6 Å². The molecule has 0 saturated carbocycles. The van der Waals surface area contributed by atoms with Crippen molar-refractivity contribution in [3.05, 3.63) is 48.9 Å². The summed E-state index contributed by atoms with van der Waals surface area (Å²) < 4.78 is 0.700. The van der Waals surface area contributed by atoms with Crippen molar-refractivity contribution < 1.29 is 0 Å². The standard InChI is InChI=1S/C12H9Cl3N2S2/c1-17-11(14)10(7-3-2-6-18-7)16-12(17,15)8-4-5-9(13)19-8/h2-6,16H,1H3. The summed E-state index contributed by atoms with van der Waals surface area (Å²) in [5, 5.41) is 5.02. The van der Waals surface area contributed by atoms with Gasteiger partial charge in [0.2, 0.25) is 5.12 Å². The fourth-order valence-electron chi connectivity index (χ4n) is 1.91. The Balaban J connectivity index is 2.01. The van der Waals surface area contributed by atoms with E-state index in [9.17, 15) is 0 Å². The Kier molecular flexibility index (Phi) is 3.48. The van der Waals surface area contributed by atoms with Crippen LogP contribution in [0, 0.1) is 0 Å². The van der Waals surface area contributed by atoms with Gasteiger partial charge in [-0.2, -0.15) is 0 Å². The van der Waals surface area contributed by atoms with Crippen molar-refractivity contribution >= 4 is 63.2 Å². The molecule has 2 aromatic rings. The zero-order valence-electron chi connectivity index (χ0n) is 9.78. The molecule has 3 rings (SSSR count). The molecule has 7 heteroatoms. The SMILES string of the molecule is CN1C(Cl)=C(c2cccs2)NC1(Cl)c1ccc(Cl)s1. The van der Waals surface area contributed by atoms with E-state index in [0.29, 0.717) is 9.49 Å². The van der Waals surface area contributed by atoms with Crippen molar-refractivity contribution in [1.82, 2.24) is 10.2 Å². The topological polar surface area (TPSA) is 15.3 Å². The summed E-state index contributed by atoms with van der Waals surface area (Å²) in [6.45, 7) is 0. The number of halogens is 3. The van der Waals surface area contributed by atoms with Crippen LogP contribution in [0.3, 0.4) is 0 Å². The highest BCUT2D eigenvalue weighted by Gasteiger charge is 2.44. The van der Waals surface area contributed by atoms with Crippen LogP contribution in [0.25, 0.3) is 5.70 Å². The number of nitrogens with zero attached hydrogens (tertiary/aromatic N) is 1. The zero-order valence-corrected chi connectivity index (χ0v) is 13.7. The highest BCUT2D eigenvalue weighted by Crippen LogP contribution is 2.46. The van der Waals surface area contributed by atoms with E-state index in [2.05, 4.69) is 5.32 Å². The summed E-state index contributed by atoms with van der Waals surface area (Å²) in [7, 11) is 1.86. The molecule has 0 amide bonds. The first-order valence-corrected chi connectivity index (χ1v) is 8.26. The molecule has 0 spiro atoms. The largest absolute Gasteiger partial charge is 0.342 e. The minimum Gasteiger partial charge on any atom is -0.342 e. The molecule has 2 nitrogen and oxygen atoms in total. The summed E-state index contributed by atoms with van der Waals surface area (Å²) in [5.74, 6) is 0. The van der Waals surface area contributed by atoms with Gasteiger partial charge in [-0.05, 0) is 23.6 Å². The van der Waals surface area contributed by atoms with Crippen molar-refractivity contribution in [3.8, 4) is 0 Å². The van der Waals surface area contributed by atoms with E-state index < -0.39 is 5.12 Å². The molecule has 1 atom stereocenters. The van der Waals surface area contributed by atoms with Gasteiger partial charge < -0.3 is 10.2 Å². The second-order valence-corrected chi connectivity index (χ2v) is 7.62. The smallest absolute Gasteiger partial charge is 0.225 e. The minimum atomic E-state index is -0.881. The molecule has 0 saturated heterocycles. The molecule has 0 fully saturated rings. The first-order chi connectivity index (χ1) is 9.02. The van der Waals surface area contributed by atoms with Gasteiger partial charge in [-0.3, -0.25) is 0 Å². The normalized spacial score (nSPS) is 23.1. The number of hydrogen-bond acceptors (Lipinski definition) is 4. The van der Waals surface area contributed by atoms with E-state index in [-0.39, 0.29) is 0 Å². The third-order valence-electron chi connectivity index (χ3n) is 2.92. The lowest BCUT2D eigenvalue weighted by molar-refractivity contribution is 0.285. The van der Waals surface area contributed by atoms with Crippen LogP contribution in [0.5, 0.6) is 0 Å². The first-order valence-electron chi connectivity index (χ1n) is 5.43. The van der Waals surface area contributed by atoms with Crippen molar-refractivity contribution in [2.24, 2.45) is 0 Å². The molecule has 0 aromatic carbocycles. The lowest BCUT2D eigenvalue weighted by Gasteiger charge is -2.30. The van der Waals surface area contributed by atoms with Crippen molar-refractivity contribution in [2.45, 2.75) is 5.12 Å². The maximum absolute atomic E-state index is 6.71. The van der Waals surface area contributed by atoms with Crippen LogP contribution in [0.4, 0.5) is 0 Å². The van der Waals surface area contributed by atoms with Gasteiger partial charge in [-0.25, -0.2) is 0 Å². The van der Waals surface area contributed by atoms with Crippen LogP contribution >= 0.6 is 57.5 Å². The average molecular weight is 352 g/mol.